The average Bonchev–Trinajstić information content (AvgIpc) is 2.68. The van der Waals surface area contributed by atoms with E-state index in [1.807, 2.05) is 13.8 Å². The molecular weight excluding hydrogens is 238 g/mol. The lowest BCUT2D eigenvalue weighted by molar-refractivity contribution is -0.00468. The van der Waals surface area contributed by atoms with E-state index in [9.17, 15) is 13.9 Å². The predicted molar refractivity (Wildman–Crippen MR) is 65.6 cm³/mol. The Kier molecular flexibility index (Phi) is 3.98. The number of aliphatic hydroxyl groups is 1. The van der Waals surface area contributed by atoms with Crippen molar-refractivity contribution in [1.82, 2.24) is 0 Å². The molecule has 1 aliphatic carbocycles. The van der Waals surface area contributed by atoms with Crippen LogP contribution in [0.15, 0.2) is 0 Å². The van der Waals surface area contributed by atoms with Crippen LogP contribution in [-0.2, 0) is 4.74 Å². The van der Waals surface area contributed by atoms with Crippen molar-refractivity contribution in [1.29, 1.82) is 0 Å². The molecule has 6 unspecified atom stereocenters. The molecule has 2 nitrogen and oxygen atoms in total. The van der Waals surface area contributed by atoms with Gasteiger partial charge < -0.3 is 9.84 Å². The summed E-state index contributed by atoms with van der Waals surface area (Å²) in [6.45, 7) is 6.06. The number of alkyl halides is 2. The molecule has 0 bridgehead atoms. The van der Waals surface area contributed by atoms with E-state index in [-0.39, 0.29) is 42.8 Å². The van der Waals surface area contributed by atoms with E-state index in [0.717, 1.165) is 0 Å². The lowest BCUT2D eigenvalue weighted by Gasteiger charge is -2.26. The lowest BCUT2D eigenvalue weighted by atomic mass is 9.81. The Hall–Kier alpha value is -0.220. The van der Waals surface area contributed by atoms with Gasteiger partial charge >= 0.3 is 0 Å². The van der Waals surface area contributed by atoms with Gasteiger partial charge in [-0.2, -0.15) is 0 Å². The highest BCUT2D eigenvalue weighted by Crippen LogP contribution is 2.43. The van der Waals surface area contributed by atoms with Crippen LogP contribution in [0.2, 0.25) is 0 Å². The zero-order chi connectivity index (χ0) is 13.5. The van der Waals surface area contributed by atoms with Crippen LogP contribution in [0, 0.1) is 17.8 Å². The topological polar surface area (TPSA) is 29.5 Å². The van der Waals surface area contributed by atoms with E-state index in [4.69, 9.17) is 4.74 Å². The molecule has 0 radical (unpaired) electrons. The van der Waals surface area contributed by atoms with Gasteiger partial charge in [0.2, 0.25) is 5.92 Å². The molecule has 0 spiro atoms. The van der Waals surface area contributed by atoms with Crippen molar-refractivity contribution in [3.63, 3.8) is 0 Å². The molecule has 6 atom stereocenters. The molecule has 0 aromatic carbocycles. The van der Waals surface area contributed by atoms with Crippen molar-refractivity contribution >= 4 is 0 Å². The molecule has 4 heteroatoms. The minimum absolute atomic E-state index is 0.0203. The summed E-state index contributed by atoms with van der Waals surface area (Å²) in [4.78, 5) is 0. The monoisotopic (exact) mass is 262 g/mol. The van der Waals surface area contributed by atoms with Crippen molar-refractivity contribution in [3.05, 3.63) is 0 Å². The first-order valence-corrected chi connectivity index (χ1v) is 7.01. The summed E-state index contributed by atoms with van der Waals surface area (Å²) in [5.74, 6) is -2.18. The van der Waals surface area contributed by atoms with Crippen LogP contribution in [-0.4, -0.2) is 29.3 Å². The molecule has 0 amide bonds. The zero-order valence-electron chi connectivity index (χ0n) is 11.4. The van der Waals surface area contributed by atoms with E-state index in [1.165, 1.54) is 0 Å². The highest BCUT2D eigenvalue weighted by molar-refractivity contribution is 4.91. The molecule has 1 N–H and O–H groups in total. The maximum absolute atomic E-state index is 13.1. The van der Waals surface area contributed by atoms with Gasteiger partial charge in [-0.3, -0.25) is 0 Å². The van der Waals surface area contributed by atoms with Crippen molar-refractivity contribution in [2.24, 2.45) is 17.8 Å². The number of ether oxygens (including phenoxy) is 1. The van der Waals surface area contributed by atoms with Crippen LogP contribution in [0.4, 0.5) is 8.78 Å². The van der Waals surface area contributed by atoms with Crippen LogP contribution in [0.25, 0.3) is 0 Å². The van der Waals surface area contributed by atoms with Gasteiger partial charge in [0.05, 0.1) is 18.3 Å². The molecule has 2 aliphatic rings. The normalized spacial score (nSPS) is 45.3. The third kappa shape index (κ3) is 2.85. The van der Waals surface area contributed by atoms with Crippen molar-refractivity contribution < 1.29 is 18.6 Å². The predicted octanol–water partition coefficient (Wildman–Crippen LogP) is 3.23. The highest BCUT2D eigenvalue weighted by Gasteiger charge is 2.44. The quantitative estimate of drug-likeness (QED) is 0.846. The number of aliphatic hydroxyl groups excluding tert-OH is 1. The van der Waals surface area contributed by atoms with E-state index in [1.54, 1.807) is 0 Å². The van der Waals surface area contributed by atoms with Gasteiger partial charge in [-0.25, -0.2) is 8.78 Å². The molecule has 1 heterocycles. The molecule has 2 fully saturated rings. The van der Waals surface area contributed by atoms with Crippen LogP contribution in [0.1, 0.15) is 46.5 Å². The van der Waals surface area contributed by atoms with E-state index >= 15 is 0 Å². The Morgan fingerprint density at radius 2 is 1.94 bits per heavy atom. The molecule has 1 saturated heterocycles. The largest absolute Gasteiger partial charge is 0.393 e. The maximum atomic E-state index is 13.1. The summed E-state index contributed by atoms with van der Waals surface area (Å²) >= 11 is 0. The lowest BCUT2D eigenvalue weighted by Crippen LogP contribution is -2.32. The van der Waals surface area contributed by atoms with Crippen LogP contribution in [0.3, 0.4) is 0 Å². The molecule has 106 valence electrons. The first kappa shape index (κ1) is 14.2. The van der Waals surface area contributed by atoms with Gasteiger partial charge in [0.1, 0.15) is 0 Å². The molecule has 2 rings (SSSR count). The second-order valence-corrected chi connectivity index (χ2v) is 6.25. The summed E-state index contributed by atoms with van der Waals surface area (Å²) in [7, 11) is 0. The second-order valence-electron chi connectivity index (χ2n) is 6.25. The first-order valence-electron chi connectivity index (χ1n) is 7.01. The van der Waals surface area contributed by atoms with Gasteiger partial charge in [0.25, 0.3) is 0 Å². The second kappa shape index (κ2) is 5.04. The number of hydrogen-bond donors (Lipinski definition) is 1. The minimum Gasteiger partial charge on any atom is -0.393 e. The molecule has 1 saturated carbocycles. The first-order chi connectivity index (χ1) is 8.30. The van der Waals surface area contributed by atoms with Gasteiger partial charge in [0.15, 0.2) is 0 Å². The van der Waals surface area contributed by atoms with Crippen molar-refractivity contribution in [3.8, 4) is 0 Å². The fraction of sp³-hybridized carbons (Fsp3) is 1.00. The smallest absolute Gasteiger partial charge is 0.248 e. The van der Waals surface area contributed by atoms with E-state index in [2.05, 4.69) is 6.92 Å². The van der Waals surface area contributed by atoms with Gasteiger partial charge in [-0.05, 0) is 38.5 Å². The fourth-order valence-electron chi connectivity index (χ4n) is 3.70. The SMILES string of the molecule is CC1OC(C)C(C(O)CC2CCC(F)(F)C2)C1C. The van der Waals surface area contributed by atoms with E-state index in [0.29, 0.717) is 12.8 Å². The third-order valence-corrected chi connectivity index (χ3v) is 4.84. The summed E-state index contributed by atoms with van der Waals surface area (Å²) in [6, 6.07) is 0. The number of halogens is 2. The Morgan fingerprint density at radius 3 is 2.39 bits per heavy atom. The highest BCUT2D eigenvalue weighted by atomic mass is 19.3. The molecule has 1 aliphatic heterocycles. The Bertz CT molecular complexity index is 296. The van der Waals surface area contributed by atoms with Crippen LogP contribution < -0.4 is 0 Å². The van der Waals surface area contributed by atoms with E-state index < -0.39 is 12.0 Å². The number of hydrogen-bond acceptors (Lipinski definition) is 2. The summed E-state index contributed by atoms with van der Waals surface area (Å²) in [5, 5.41) is 10.3. The fourth-order valence-corrected chi connectivity index (χ4v) is 3.70. The Morgan fingerprint density at radius 1 is 1.28 bits per heavy atom. The zero-order valence-corrected chi connectivity index (χ0v) is 11.4. The summed E-state index contributed by atoms with van der Waals surface area (Å²) in [5.41, 5.74) is 0. The van der Waals surface area contributed by atoms with Crippen LogP contribution in [0.5, 0.6) is 0 Å². The number of rotatable bonds is 3. The molecule has 0 aromatic rings. The van der Waals surface area contributed by atoms with Gasteiger partial charge in [-0.15, -0.1) is 0 Å². The van der Waals surface area contributed by atoms with Crippen LogP contribution >= 0.6 is 0 Å². The summed E-state index contributed by atoms with van der Waals surface area (Å²) in [6.07, 6.45) is 0.597. The Balaban J connectivity index is 1.90. The maximum Gasteiger partial charge on any atom is 0.248 e. The third-order valence-electron chi connectivity index (χ3n) is 4.84. The van der Waals surface area contributed by atoms with Crippen molar-refractivity contribution in [2.75, 3.05) is 0 Å². The van der Waals surface area contributed by atoms with Gasteiger partial charge in [-0.1, -0.05) is 6.92 Å². The van der Waals surface area contributed by atoms with Gasteiger partial charge in [0, 0.05) is 18.8 Å². The minimum atomic E-state index is -2.51. The Labute approximate surface area is 108 Å². The molecule has 18 heavy (non-hydrogen) atoms. The average molecular weight is 262 g/mol. The standard InChI is InChI=1S/C14H24F2O2/c1-8-9(2)18-10(3)13(8)12(17)6-11-4-5-14(15,16)7-11/h8-13,17H,4-7H2,1-3H3. The molecule has 0 aromatic heterocycles. The summed E-state index contributed by atoms with van der Waals surface area (Å²) < 4.78 is 32.0. The molecular formula is C14H24F2O2. The van der Waals surface area contributed by atoms with Crippen molar-refractivity contribution in [2.45, 2.75) is 70.7 Å².